The van der Waals surface area contributed by atoms with Crippen molar-refractivity contribution < 1.29 is 43.0 Å². The van der Waals surface area contributed by atoms with Gasteiger partial charge in [-0.2, -0.15) is 0 Å². The summed E-state index contributed by atoms with van der Waals surface area (Å²) < 4.78 is 16.1. The van der Waals surface area contributed by atoms with E-state index in [1.165, 1.54) is 4.90 Å². The number of hydrogen-bond acceptors (Lipinski definition) is 9. The molecule has 0 saturated heterocycles. The van der Waals surface area contributed by atoms with Crippen molar-refractivity contribution >= 4 is 41.4 Å². The van der Waals surface area contributed by atoms with Gasteiger partial charge in [0.05, 0.1) is 24.6 Å². The average molecular weight is 720 g/mol. The average Bonchev–Trinajstić information content (AvgIpc) is 3.02. The normalized spacial score (nSPS) is 12.7. The Hall–Kier alpha value is -4.20. The van der Waals surface area contributed by atoms with E-state index in [-0.39, 0.29) is 81.2 Å². The minimum atomic E-state index is -0.786. The fraction of sp³-hybridized carbons (Fsp3) is 0.676. The van der Waals surface area contributed by atoms with Crippen LogP contribution in [0.1, 0.15) is 93.1 Å². The number of ether oxygens (including phenoxy) is 3. The summed E-state index contributed by atoms with van der Waals surface area (Å²) in [4.78, 5) is 76.3. The van der Waals surface area contributed by atoms with E-state index in [2.05, 4.69) is 36.7 Å². The number of hydrogen-bond donors (Lipinski definition) is 4. The summed E-state index contributed by atoms with van der Waals surface area (Å²) in [6.07, 6.45) is 0.955. The van der Waals surface area contributed by atoms with Crippen molar-refractivity contribution in [2.75, 3.05) is 45.3 Å². The number of rotatable bonds is 21. The highest BCUT2D eigenvalue weighted by Gasteiger charge is 2.29. The van der Waals surface area contributed by atoms with Gasteiger partial charge in [0.1, 0.15) is 13.2 Å². The maximum Gasteiger partial charge on any atom is 0.409 e. The second-order valence-corrected chi connectivity index (χ2v) is 15.3. The number of esters is 1. The van der Waals surface area contributed by atoms with E-state index >= 15 is 0 Å². The Bertz CT molecular complexity index is 1290. The van der Waals surface area contributed by atoms with Crippen LogP contribution in [0.3, 0.4) is 0 Å². The zero-order valence-corrected chi connectivity index (χ0v) is 32.0. The highest BCUT2D eigenvalue weighted by Crippen LogP contribution is 2.21. The quantitative estimate of drug-likeness (QED) is 0.102. The van der Waals surface area contributed by atoms with Crippen LogP contribution in [0.25, 0.3) is 0 Å². The molecule has 0 spiro atoms. The minimum absolute atomic E-state index is 0.0193. The molecule has 1 rings (SSSR count). The number of benzene rings is 1. The van der Waals surface area contributed by atoms with Crippen molar-refractivity contribution in [1.29, 1.82) is 0 Å². The van der Waals surface area contributed by atoms with E-state index in [9.17, 15) is 28.8 Å². The van der Waals surface area contributed by atoms with Crippen LogP contribution in [0.2, 0.25) is 0 Å². The molecule has 0 aromatic heterocycles. The lowest BCUT2D eigenvalue weighted by Gasteiger charge is -2.24. The number of Topliss-reactive ketones (excluding diaryl/α,β-unsaturated/α-hetero) is 1. The van der Waals surface area contributed by atoms with Gasteiger partial charge in [0, 0.05) is 44.6 Å². The van der Waals surface area contributed by atoms with Gasteiger partial charge in [-0.1, -0.05) is 46.8 Å². The summed E-state index contributed by atoms with van der Waals surface area (Å²) in [5, 5.41) is 8.16. The molecule has 0 heterocycles. The van der Waals surface area contributed by atoms with Gasteiger partial charge < -0.3 is 40.8 Å². The number of nitrogens with one attached hydrogen (secondary N) is 3. The van der Waals surface area contributed by atoms with Crippen molar-refractivity contribution in [3.05, 3.63) is 29.8 Å². The third-order valence-corrected chi connectivity index (χ3v) is 7.81. The van der Waals surface area contributed by atoms with Gasteiger partial charge in [0.25, 0.3) is 0 Å². The molecule has 2 atom stereocenters. The molecular weight excluding hydrogens is 658 g/mol. The molecule has 1 aromatic rings. The first-order chi connectivity index (χ1) is 23.7. The highest BCUT2D eigenvalue weighted by atomic mass is 16.6. The molecule has 0 saturated carbocycles. The summed E-state index contributed by atoms with van der Waals surface area (Å²) >= 11 is 0. The summed E-state index contributed by atoms with van der Waals surface area (Å²) in [6.45, 7) is 16.5. The van der Waals surface area contributed by atoms with Crippen molar-refractivity contribution in [2.45, 2.75) is 100 Å². The lowest BCUT2D eigenvalue weighted by atomic mass is 9.89. The van der Waals surface area contributed by atoms with E-state index in [0.29, 0.717) is 24.3 Å². The van der Waals surface area contributed by atoms with Gasteiger partial charge in [0.2, 0.25) is 11.8 Å². The Kier molecular flexibility index (Phi) is 19.2. The third kappa shape index (κ3) is 19.7. The van der Waals surface area contributed by atoms with Crippen molar-refractivity contribution in [3.8, 4) is 0 Å². The molecule has 0 unspecified atom stereocenters. The van der Waals surface area contributed by atoms with Gasteiger partial charge in [-0.25, -0.2) is 9.59 Å². The van der Waals surface area contributed by atoms with Gasteiger partial charge in [-0.05, 0) is 69.1 Å². The molecule has 1 aromatic carbocycles. The topological polar surface area (TPSA) is 195 Å². The first kappa shape index (κ1) is 44.8. The maximum absolute atomic E-state index is 13.5. The Morgan fingerprint density at radius 3 is 2.12 bits per heavy atom. The molecule has 0 fully saturated rings. The third-order valence-electron chi connectivity index (χ3n) is 7.81. The van der Waals surface area contributed by atoms with E-state index in [1.807, 2.05) is 13.8 Å². The number of carbonyl (C=O) groups excluding carboxylic acids is 6. The summed E-state index contributed by atoms with van der Waals surface area (Å²) in [5.41, 5.74) is 5.81. The monoisotopic (exact) mass is 719 g/mol. The number of nitrogens with two attached hydrogens (primary N) is 1. The number of nitrogens with zero attached hydrogens (tertiary/aromatic N) is 1. The molecule has 0 aliphatic heterocycles. The van der Waals surface area contributed by atoms with Crippen LogP contribution in [0, 0.1) is 22.7 Å². The van der Waals surface area contributed by atoms with Crippen LogP contribution < -0.4 is 21.7 Å². The van der Waals surface area contributed by atoms with E-state index in [1.54, 1.807) is 52.1 Å². The summed E-state index contributed by atoms with van der Waals surface area (Å²) in [6, 6.07) is 5.24. The molecule has 0 bridgehead atoms. The fourth-order valence-corrected chi connectivity index (χ4v) is 4.53. The first-order valence-electron chi connectivity index (χ1n) is 17.6. The fourth-order valence-electron chi connectivity index (χ4n) is 4.53. The highest BCUT2D eigenvalue weighted by molar-refractivity contribution is 5.97. The summed E-state index contributed by atoms with van der Waals surface area (Å²) in [7, 11) is 1.54. The number of amides is 5. The smallest absolute Gasteiger partial charge is 0.409 e. The largest absolute Gasteiger partial charge is 0.463 e. The lowest BCUT2D eigenvalue weighted by Crippen LogP contribution is -2.45. The predicted octanol–water partition coefficient (Wildman–Crippen LogP) is 4.79. The Morgan fingerprint density at radius 2 is 1.55 bits per heavy atom. The lowest BCUT2D eigenvalue weighted by molar-refractivity contribution is -0.153. The molecule has 5 amide bonds. The second-order valence-electron chi connectivity index (χ2n) is 15.3. The number of primary amides is 1. The van der Waals surface area contributed by atoms with Gasteiger partial charge in [-0.15, -0.1) is 0 Å². The molecule has 0 radical (unpaired) electrons. The number of carbonyl (C=O) groups is 6. The zero-order chi connectivity index (χ0) is 38.8. The maximum atomic E-state index is 13.5. The van der Waals surface area contributed by atoms with Crippen molar-refractivity contribution in [1.82, 2.24) is 15.5 Å². The minimum Gasteiger partial charge on any atom is -0.463 e. The molecule has 0 aliphatic rings. The van der Waals surface area contributed by atoms with Crippen LogP contribution in [0.15, 0.2) is 24.3 Å². The van der Waals surface area contributed by atoms with Gasteiger partial charge in [-0.3, -0.25) is 19.2 Å². The van der Waals surface area contributed by atoms with Crippen molar-refractivity contribution in [2.24, 2.45) is 28.4 Å². The molecule has 14 nitrogen and oxygen atoms in total. The Morgan fingerprint density at radius 1 is 0.902 bits per heavy atom. The Balaban J connectivity index is 2.79. The predicted molar refractivity (Wildman–Crippen MR) is 195 cm³/mol. The second kappa shape index (κ2) is 21.9. The van der Waals surface area contributed by atoms with Crippen LogP contribution in [0.5, 0.6) is 0 Å². The van der Waals surface area contributed by atoms with Crippen LogP contribution in [-0.4, -0.2) is 86.6 Å². The van der Waals surface area contributed by atoms with Gasteiger partial charge >= 0.3 is 18.1 Å². The van der Waals surface area contributed by atoms with Crippen LogP contribution in [-0.2, 0) is 40.0 Å². The van der Waals surface area contributed by atoms with Crippen LogP contribution in [0.4, 0.5) is 15.3 Å². The van der Waals surface area contributed by atoms with E-state index in [0.717, 1.165) is 6.42 Å². The van der Waals surface area contributed by atoms with E-state index < -0.39 is 35.4 Å². The number of likely N-dealkylation sites (N-methyl/N-ethyl adjacent to an activating group) is 1. The molecule has 0 aliphatic carbocycles. The number of ketones is 1. The number of anilines is 1. The molecule has 14 heteroatoms. The molecular formula is C37H61N5O9. The molecule has 51 heavy (non-hydrogen) atoms. The van der Waals surface area contributed by atoms with Gasteiger partial charge in [0.15, 0.2) is 5.78 Å². The number of urea groups is 1. The SMILES string of the molecule is CC(C)[C@H](NC(=O)CCOCCC(C)(C)C)C(=O)C[C@@H](CCCNC(N)=O)C(=O)Nc1ccc(COC(=O)N(C)CCOC(=O)C(C)(C)C)cc1. The summed E-state index contributed by atoms with van der Waals surface area (Å²) in [5.74, 6) is -2.29. The van der Waals surface area contributed by atoms with Crippen LogP contribution >= 0.6 is 0 Å². The first-order valence-corrected chi connectivity index (χ1v) is 17.6. The Labute approximate surface area is 303 Å². The van der Waals surface area contributed by atoms with Crippen molar-refractivity contribution in [3.63, 3.8) is 0 Å². The zero-order valence-electron chi connectivity index (χ0n) is 32.0. The standard InChI is InChI=1S/C37H61N5O9/c1-25(2)31(41-30(44)16-20-49-21-17-36(3,4)5)29(43)23-27(11-10-18-39-34(38)47)32(45)40-28-14-12-26(13-15-28)24-51-35(48)42(9)19-22-50-33(46)37(6,7)8/h12-15,25,27,31H,10-11,16-24H2,1-9H3,(H,40,45)(H,41,44)(H3,38,39,47)/t27-,31+/m1/s1. The molecule has 5 N–H and O–H groups in total. The van der Waals surface area contributed by atoms with E-state index in [4.69, 9.17) is 19.9 Å². The molecule has 288 valence electrons.